The molecule has 9 nitrogen and oxygen atoms in total. The van der Waals surface area contributed by atoms with Crippen molar-refractivity contribution in [3.8, 4) is 0 Å². The minimum absolute atomic E-state index is 0.0543. The van der Waals surface area contributed by atoms with Crippen LogP contribution in [0.5, 0.6) is 0 Å². The van der Waals surface area contributed by atoms with Gasteiger partial charge in [-0.3, -0.25) is 18.6 Å². The van der Waals surface area contributed by atoms with E-state index in [1.54, 1.807) is 0 Å². The van der Waals surface area contributed by atoms with Crippen LogP contribution in [0, 0.1) is 0 Å². The highest BCUT2D eigenvalue weighted by molar-refractivity contribution is 7.47. The van der Waals surface area contributed by atoms with E-state index in [9.17, 15) is 19.0 Å². The zero-order valence-electron chi connectivity index (χ0n) is 37.3. The summed E-state index contributed by atoms with van der Waals surface area (Å²) in [5, 5.41) is 0. The van der Waals surface area contributed by atoms with Crippen LogP contribution in [0.15, 0.2) is 48.6 Å². The van der Waals surface area contributed by atoms with Crippen LogP contribution in [-0.2, 0) is 32.7 Å². The van der Waals surface area contributed by atoms with Gasteiger partial charge in [-0.1, -0.05) is 197 Å². The number of allylic oxidation sites excluding steroid dienone is 8. The zero-order valence-corrected chi connectivity index (χ0v) is 38.2. The second-order valence-corrected chi connectivity index (χ2v) is 17.1. The zero-order chi connectivity index (χ0) is 42.5. The van der Waals surface area contributed by atoms with Gasteiger partial charge in [0, 0.05) is 19.4 Å². The van der Waals surface area contributed by atoms with Gasteiger partial charge in [-0.25, -0.2) is 4.57 Å². The van der Waals surface area contributed by atoms with Crippen LogP contribution in [0.2, 0.25) is 0 Å². The molecule has 0 aromatic carbocycles. The molecule has 2 atom stereocenters. The predicted octanol–water partition coefficient (Wildman–Crippen LogP) is 13.9. The molecule has 58 heavy (non-hydrogen) atoms. The molecule has 0 aliphatic rings. The van der Waals surface area contributed by atoms with Gasteiger partial charge in [0.15, 0.2) is 6.10 Å². The molecule has 0 aromatic rings. The van der Waals surface area contributed by atoms with Gasteiger partial charge in [-0.05, 0) is 51.4 Å². The Hall–Kier alpha value is -2.03. The van der Waals surface area contributed by atoms with Crippen molar-refractivity contribution < 1.29 is 37.6 Å². The number of esters is 2. The average molecular weight is 838 g/mol. The number of hydrogen-bond acceptors (Lipinski definition) is 8. The Morgan fingerprint density at radius 1 is 0.534 bits per heavy atom. The first kappa shape index (κ1) is 56.0. The van der Waals surface area contributed by atoms with Gasteiger partial charge < -0.3 is 20.1 Å². The van der Waals surface area contributed by atoms with E-state index in [2.05, 4.69) is 62.5 Å². The van der Waals surface area contributed by atoms with E-state index in [4.69, 9.17) is 24.3 Å². The maximum absolute atomic E-state index is 12.6. The third-order valence-electron chi connectivity index (χ3n) is 9.98. The van der Waals surface area contributed by atoms with Gasteiger partial charge in [0.1, 0.15) is 6.61 Å². The SMILES string of the molecule is CC/C=C\C/C=C\C/C=C\C/C=C\CCCCCCCCCCCCCCCCCCCCC(=O)OC(COC(=O)CCCCCCCC)COP(=O)(O)OCCN. The van der Waals surface area contributed by atoms with Gasteiger partial charge in [0.05, 0.1) is 13.2 Å². The summed E-state index contributed by atoms with van der Waals surface area (Å²) in [5.41, 5.74) is 5.33. The Balaban J connectivity index is 3.79. The number of phosphoric ester groups is 1. The quantitative estimate of drug-likeness (QED) is 0.0266. The molecule has 0 saturated heterocycles. The predicted molar refractivity (Wildman–Crippen MR) is 243 cm³/mol. The molecule has 338 valence electrons. The minimum Gasteiger partial charge on any atom is -0.462 e. The van der Waals surface area contributed by atoms with E-state index >= 15 is 0 Å². The van der Waals surface area contributed by atoms with E-state index in [0.717, 1.165) is 64.2 Å². The average Bonchev–Trinajstić information content (AvgIpc) is 3.21. The Labute approximate surface area is 356 Å². The smallest absolute Gasteiger partial charge is 0.462 e. The number of rotatable bonds is 44. The largest absolute Gasteiger partial charge is 0.472 e. The molecule has 0 heterocycles. The Morgan fingerprint density at radius 3 is 1.41 bits per heavy atom. The van der Waals surface area contributed by atoms with Crippen LogP contribution in [0.25, 0.3) is 0 Å². The molecule has 0 bridgehead atoms. The first-order valence-electron chi connectivity index (χ1n) is 23.6. The number of hydrogen-bond donors (Lipinski definition) is 2. The summed E-state index contributed by atoms with van der Waals surface area (Å²) < 4.78 is 32.6. The fraction of sp³-hybridized carbons (Fsp3) is 0.792. The van der Waals surface area contributed by atoms with Gasteiger partial charge in [0.2, 0.25) is 0 Å². The molecule has 0 saturated carbocycles. The van der Waals surface area contributed by atoms with Crippen LogP contribution in [0.1, 0.15) is 213 Å². The van der Waals surface area contributed by atoms with E-state index in [0.29, 0.717) is 6.42 Å². The summed E-state index contributed by atoms with van der Waals surface area (Å²) >= 11 is 0. The van der Waals surface area contributed by atoms with Crippen molar-refractivity contribution in [2.75, 3.05) is 26.4 Å². The van der Waals surface area contributed by atoms with Crippen LogP contribution in [-0.4, -0.2) is 49.3 Å². The van der Waals surface area contributed by atoms with Crippen molar-refractivity contribution in [1.29, 1.82) is 0 Å². The second kappa shape index (κ2) is 44.5. The topological polar surface area (TPSA) is 134 Å². The van der Waals surface area contributed by atoms with Crippen LogP contribution < -0.4 is 5.73 Å². The maximum atomic E-state index is 12.6. The Morgan fingerprint density at radius 2 is 0.948 bits per heavy atom. The fourth-order valence-electron chi connectivity index (χ4n) is 6.51. The van der Waals surface area contributed by atoms with Gasteiger partial charge in [-0.15, -0.1) is 0 Å². The summed E-state index contributed by atoms with van der Waals surface area (Å²) in [7, 11) is -4.37. The molecular formula is C48H88NO8P. The molecule has 0 aliphatic carbocycles. The van der Waals surface area contributed by atoms with Crippen molar-refractivity contribution >= 4 is 19.8 Å². The molecular weight excluding hydrogens is 750 g/mol. The van der Waals surface area contributed by atoms with E-state index in [1.807, 2.05) is 0 Å². The third-order valence-corrected chi connectivity index (χ3v) is 11.0. The summed E-state index contributed by atoms with van der Waals surface area (Å²) in [6.45, 7) is 3.56. The third kappa shape index (κ3) is 43.5. The molecule has 2 unspecified atom stereocenters. The first-order valence-corrected chi connectivity index (χ1v) is 25.1. The van der Waals surface area contributed by atoms with Crippen LogP contribution >= 0.6 is 7.82 Å². The van der Waals surface area contributed by atoms with Crippen molar-refractivity contribution in [3.05, 3.63) is 48.6 Å². The number of nitrogens with two attached hydrogens (primary N) is 1. The maximum Gasteiger partial charge on any atom is 0.472 e. The lowest BCUT2D eigenvalue weighted by Gasteiger charge is -2.19. The van der Waals surface area contributed by atoms with E-state index in [-0.39, 0.29) is 38.6 Å². The van der Waals surface area contributed by atoms with Crippen molar-refractivity contribution in [2.24, 2.45) is 5.73 Å². The number of unbranched alkanes of at least 4 members (excludes halogenated alkanes) is 23. The lowest BCUT2D eigenvalue weighted by molar-refractivity contribution is -0.161. The second-order valence-electron chi connectivity index (χ2n) is 15.6. The van der Waals surface area contributed by atoms with Gasteiger partial charge >= 0.3 is 19.8 Å². The van der Waals surface area contributed by atoms with Gasteiger partial charge in [-0.2, -0.15) is 0 Å². The van der Waals surface area contributed by atoms with Gasteiger partial charge in [0.25, 0.3) is 0 Å². The highest BCUT2D eigenvalue weighted by Crippen LogP contribution is 2.43. The lowest BCUT2D eigenvalue weighted by Crippen LogP contribution is -2.29. The summed E-state index contributed by atoms with van der Waals surface area (Å²) in [5.74, 6) is -0.833. The van der Waals surface area contributed by atoms with Crippen molar-refractivity contribution in [2.45, 2.75) is 219 Å². The van der Waals surface area contributed by atoms with Crippen molar-refractivity contribution in [1.82, 2.24) is 0 Å². The number of phosphoric acid groups is 1. The number of carbonyl (C=O) groups excluding carboxylic acids is 2. The summed E-state index contributed by atoms with van der Waals surface area (Å²) in [4.78, 5) is 34.6. The van der Waals surface area contributed by atoms with Crippen molar-refractivity contribution in [3.63, 3.8) is 0 Å². The molecule has 0 amide bonds. The monoisotopic (exact) mass is 838 g/mol. The summed E-state index contributed by atoms with van der Waals surface area (Å²) in [6, 6.07) is 0. The highest BCUT2D eigenvalue weighted by Gasteiger charge is 2.26. The first-order chi connectivity index (χ1) is 28.3. The fourth-order valence-corrected chi connectivity index (χ4v) is 7.27. The van der Waals surface area contributed by atoms with E-state index < -0.39 is 26.5 Å². The molecule has 3 N–H and O–H groups in total. The van der Waals surface area contributed by atoms with Crippen LogP contribution in [0.3, 0.4) is 0 Å². The van der Waals surface area contributed by atoms with E-state index in [1.165, 1.54) is 116 Å². The molecule has 0 rings (SSSR count). The number of ether oxygens (including phenoxy) is 2. The summed E-state index contributed by atoms with van der Waals surface area (Å²) in [6.07, 6.45) is 52.0. The Bertz CT molecular complexity index is 1090. The minimum atomic E-state index is -4.37. The number of carbonyl (C=O) groups is 2. The Kier molecular flexibility index (Phi) is 43.0. The standard InChI is InChI=1S/C48H88NO8P/c1-3-5-7-9-11-12-13-14-15-16-17-18-19-20-21-22-23-24-25-26-27-28-29-30-31-32-33-34-35-37-39-41-48(51)57-46(45-56-58(52,53)55-43-42-49)44-54-47(50)40-38-36-10-8-6-4-2/h5,7,11-12,14-15,17-18,46H,3-4,6,8-10,13,16,19-45,49H2,1-2H3,(H,52,53)/b7-5-,12-11-,15-14-,18-17-. The normalized spacial score (nSPS) is 13.7. The molecule has 0 aliphatic heterocycles. The highest BCUT2D eigenvalue weighted by atomic mass is 31.2. The molecule has 0 radical (unpaired) electrons. The molecule has 0 spiro atoms. The molecule has 0 aromatic heterocycles. The molecule has 10 heteroatoms. The lowest BCUT2D eigenvalue weighted by atomic mass is 10.0. The molecule has 0 fully saturated rings. The van der Waals surface area contributed by atoms with Crippen LogP contribution in [0.4, 0.5) is 0 Å².